The van der Waals surface area contributed by atoms with Crippen molar-refractivity contribution in [2.24, 2.45) is 16.3 Å². The molecular weight excluding hydrogens is 262 g/mol. The summed E-state index contributed by atoms with van der Waals surface area (Å²) < 4.78 is 0. The Bertz CT molecular complexity index is 446. The molecule has 0 aliphatic carbocycles. The molecule has 0 fully saturated rings. The van der Waals surface area contributed by atoms with Crippen LogP contribution in [-0.2, 0) is 4.79 Å². The second-order valence-electron chi connectivity index (χ2n) is 4.75. The number of nitrogens with one attached hydrogen (secondary N) is 1. The number of nitrogens with two attached hydrogens (primary N) is 1. The van der Waals surface area contributed by atoms with Crippen molar-refractivity contribution in [2.45, 2.75) is 18.7 Å². The maximum Gasteiger partial charge on any atom is 0.230 e. The third-order valence-corrected chi connectivity index (χ3v) is 3.65. The molecule has 0 atom stereocenters. The van der Waals surface area contributed by atoms with Gasteiger partial charge in [0.2, 0.25) is 5.91 Å². The van der Waals surface area contributed by atoms with E-state index < -0.39 is 5.41 Å². The van der Waals surface area contributed by atoms with Crippen LogP contribution in [0.4, 0.5) is 0 Å². The van der Waals surface area contributed by atoms with E-state index in [1.165, 1.54) is 11.8 Å². The Labute approximate surface area is 117 Å². The fraction of sp³-hybridized carbons (Fsp3) is 0.385. The Morgan fingerprint density at radius 3 is 2.63 bits per heavy atom. The summed E-state index contributed by atoms with van der Waals surface area (Å²) >= 11 is 1.47. The zero-order valence-electron chi connectivity index (χ0n) is 11.1. The van der Waals surface area contributed by atoms with E-state index in [0.29, 0.717) is 12.3 Å². The number of amidine groups is 1. The minimum absolute atomic E-state index is 0.0762. The summed E-state index contributed by atoms with van der Waals surface area (Å²) in [7, 11) is 0. The van der Waals surface area contributed by atoms with Crippen molar-refractivity contribution in [1.82, 2.24) is 5.32 Å². The average Bonchev–Trinajstić information content (AvgIpc) is 2.43. The van der Waals surface area contributed by atoms with E-state index in [9.17, 15) is 4.79 Å². The lowest BCUT2D eigenvalue weighted by Gasteiger charge is -2.22. The fourth-order valence-corrected chi connectivity index (χ4v) is 2.01. The van der Waals surface area contributed by atoms with Crippen LogP contribution >= 0.6 is 11.8 Å². The lowest BCUT2D eigenvalue weighted by molar-refractivity contribution is -0.118. The molecule has 104 valence electrons. The molecule has 6 heteroatoms. The summed E-state index contributed by atoms with van der Waals surface area (Å²) in [6.45, 7) is 3.93. The van der Waals surface area contributed by atoms with Gasteiger partial charge in [-0.15, -0.1) is 11.8 Å². The molecule has 1 amide bonds. The number of oxime groups is 1. The number of hydrogen-bond acceptors (Lipinski definition) is 4. The molecular formula is C13H19N3O2S. The maximum atomic E-state index is 11.7. The maximum absolute atomic E-state index is 11.7. The Morgan fingerprint density at radius 2 is 2.05 bits per heavy atom. The van der Waals surface area contributed by atoms with Gasteiger partial charge in [-0.3, -0.25) is 4.79 Å². The van der Waals surface area contributed by atoms with Crippen molar-refractivity contribution < 1.29 is 10.0 Å². The van der Waals surface area contributed by atoms with Gasteiger partial charge in [-0.25, -0.2) is 0 Å². The molecule has 1 aromatic rings. The molecule has 0 spiro atoms. The number of carbonyl (C=O) groups excluding carboxylic acids is 1. The third kappa shape index (κ3) is 5.21. The first kappa shape index (κ1) is 15.4. The molecule has 0 radical (unpaired) electrons. The molecule has 0 aliphatic rings. The normalized spacial score (nSPS) is 12.2. The minimum Gasteiger partial charge on any atom is -0.409 e. The van der Waals surface area contributed by atoms with Gasteiger partial charge in [-0.2, -0.15) is 0 Å². The van der Waals surface area contributed by atoms with Gasteiger partial charge in [0.15, 0.2) is 0 Å². The SMILES string of the molecule is CC(C)(CNC(=O)CSc1ccccc1)/C(N)=N/O. The first-order valence-corrected chi connectivity index (χ1v) is 6.87. The Morgan fingerprint density at radius 1 is 1.42 bits per heavy atom. The predicted molar refractivity (Wildman–Crippen MR) is 77.4 cm³/mol. The topological polar surface area (TPSA) is 87.7 Å². The monoisotopic (exact) mass is 281 g/mol. The Kier molecular flexibility index (Phi) is 5.69. The number of amides is 1. The smallest absolute Gasteiger partial charge is 0.230 e. The van der Waals surface area contributed by atoms with Crippen LogP contribution in [-0.4, -0.2) is 29.2 Å². The highest BCUT2D eigenvalue weighted by Crippen LogP contribution is 2.17. The van der Waals surface area contributed by atoms with E-state index in [1.54, 1.807) is 13.8 Å². The molecule has 4 N–H and O–H groups in total. The van der Waals surface area contributed by atoms with Crippen molar-refractivity contribution >= 4 is 23.5 Å². The zero-order chi connectivity index (χ0) is 14.3. The van der Waals surface area contributed by atoms with Crippen LogP contribution in [0.1, 0.15) is 13.8 Å². The highest BCUT2D eigenvalue weighted by molar-refractivity contribution is 8.00. The molecule has 0 saturated carbocycles. The lowest BCUT2D eigenvalue weighted by Crippen LogP contribution is -2.43. The largest absolute Gasteiger partial charge is 0.409 e. The van der Waals surface area contributed by atoms with Crippen LogP contribution in [0.25, 0.3) is 0 Å². The van der Waals surface area contributed by atoms with Gasteiger partial charge < -0.3 is 16.3 Å². The number of carbonyl (C=O) groups is 1. The van der Waals surface area contributed by atoms with Crippen LogP contribution in [0.15, 0.2) is 40.4 Å². The summed E-state index contributed by atoms with van der Waals surface area (Å²) in [5.74, 6) is 0.368. The van der Waals surface area contributed by atoms with Gasteiger partial charge in [0.25, 0.3) is 0 Å². The van der Waals surface area contributed by atoms with E-state index >= 15 is 0 Å². The quantitative estimate of drug-likeness (QED) is 0.243. The highest BCUT2D eigenvalue weighted by atomic mass is 32.2. The standard InChI is InChI=1S/C13H19N3O2S/c1-13(2,12(14)16-18)9-15-11(17)8-19-10-6-4-3-5-7-10/h3-7,18H,8-9H2,1-2H3,(H2,14,16)(H,15,17). The van der Waals surface area contributed by atoms with E-state index in [-0.39, 0.29) is 11.7 Å². The number of hydrogen-bond donors (Lipinski definition) is 3. The molecule has 0 heterocycles. The van der Waals surface area contributed by atoms with E-state index in [0.717, 1.165) is 4.90 Å². The number of benzene rings is 1. The second kappa shape index (κ2) is 7.04. The molecule has 0 aliphatic heterocycles. The molecule has 0 aromatic heterocycles. The minimum atomic E-state index is -0.568. The Hall–Kier alpha value is -1.69. The third-order valence-electron chi connectivity index (χ3n) is 2.64. The van der Waals surface area contributed by atoms with Crippen molar-refractivity contribution in [2.75, 3.05) is 12.3 Å². The van der Waals surface area contributed by atoms with Gasteiger partial charge in [0, 0.05) is 16.9 Å². The van der Waals surface area contributed by atoms with Gasteiger partial charge in [0.1, 0.15) is 5.84 Å². The van der Waals surface area contributed by atoms with Gasteiger partial charge >= 0.3 is 0 Å². The van der Waals surface area contributed by atoms with Crippen LogP contribution < -0.4 is 11.1 Å². The highest BCUT2D eigenvalue weighted by Gasteiger charge is 2.24. The van der Waals surface area contributed by atoms with Crippen molar-refractivity contribution in [3.05, 3.63) is 30.3 Å². The Balaban J connectivity index is 2.36. The summed E-state index contributed by atoms with van der Waals surface area (Å²) in [5.41, 5.74) is 4.98. The molecule has 5 nitrogen and oxygen atoms in total. The van der Waals surface area contributed by atoms with Crippen molar-refractivity contribution in [3.8, 4) is 0 Å². The summed E-state index contributed by atoms with van der Waals surface area (Å²) in [6, 6.07) is 9.71. The zero-order valence-corrected chi connectivity index (χ0v) is 11.9. The van der Waals surface area contributed by atoms with E-state index in [1.807, 2.05) is 30.3 Å². The van der Waals surface area contributed by atoms with Crippen LogP contribution in [0.2, 0.25) is 0 Å². The van der Waals surface area contributed by atoms with Crippen LogP contribution in [0, 0.1) is 5.41 Å². The second-order valence-corrected chi connectivity index (χ2v) is 5.80. The molecule has 0 unspecified atom stereocenters. The van der Waals surface area contributed by atoms with Gasteiger partial charge in [-0.05, 0) is 12.1 Å². The molecule has 1 rings (SSSR count). The lowest BCUT2D eigenvalue weighted by atomic mass is 9.92. The number of rotatable bonds is 6. The summed E-state index contributed by atoms with van der Waals surface area (Å²) in [6.07, 6.45) is 0. The predicted octanol–water partition coefficient (Wildman–Crippen LogP) is 1.67. The van der Waals surface area contributed by atoms with E-state index in [4.69, 9.17) is 10.9 Å². The average molecular weight is 281 g/mol. The van der Waals surface area contributed by atoms with Gasteiger partial charge in [0.05, 0.1) is 5.75 Å². The van der Waals surface area contributed by atoms with Crippen molar-refractivity contribution in [1.29, 1.82) is 0 Å². The van der Waals surface area contributed by atoms with Crippen LogP contribution in [0.3, 0.4) is 0 Å². The number of nitrogens with zero attached hydrogens (tertiary/aromatic N) is 1. The first-order valence-electron chi connectivity index (χ1n) is 5.88. The summed E-state index contributed by atoms with van der Waals surface area (Å²) in [4.78, 5) is 12.7. The van der Waals surface area contributed by atoms with Crippen LogP contribution in [0.5, 0.6) is 0 Å². The summed E-state index contributed by atoms with van der Waals surface area (Å²) in [5, 5.41) is 14.4. The molecule has 1 aromatic carbocycles. The first-order chi connectivity index (χ1) is 8.95. The molecule has 19 heavy (non-hydrogen) atoms. The van der Waals surface area contributed by atoms with Crippen molar-refractivity contribution in [3.63, 3.8) is 0 Å². The van der Waals surface area contributed by atoms with Gasteiger partial charge in [-0.1, -0.05) is 37.2 Å². The fourth-order valence-electron chi connectivity index (χ4n) is 1.26. The number of thioether (sulfide) groups is 1. The molecule has 0 bridgehead atoms. The van der Waals surface area contributed by atoms with E-state index in [2.05, 4.69) is 10.5 Å². The molecule has 0 saturated heterocycles.